The predicted octanol–water partition coefficient (Wildman–Crippen LogP) is 3.64. The van der Waals surface area contributed by atoms with Crippen LogP contribution >= 0.6 is 0 Å². The number of carbonyl (C=O) groups is 2. The Kier molecular flexibility index (Phi) is 4.73. The second-order valence-corrected chi connectivity index (χ2v) is 5.71. The van der Waals surface area contributed by atoms with Gasteiger partial charge in [0.1, 0.15) is 11.4 Å². The minimum atomic E-state index is -0.975. The van der Waals surface area contributed by atoms with Crippen LogP contribution in [0.25, 0.3) is 11.0 Å². The van der Waals surface area contributed by atoms with Gasteiger partial charge in [0.2, 0.25) is 0 Å². The standard InChI is InChI=1S/C17H20FNO4/c1-4-17(5-2,9-14(20)21)19-16(22)15-10(3)12-8-11(18)6-7-13(12)23-15/h6-8H,4-5,9H2,1-3H3,(H,19,22)(H,20,21). The van der Waals surface area contributed by atoms with Crippen molar-refractivity contribution < 1.29 is 23.5 Å². The van der Waals surface area contributed by atoms with Gasteiger partial charge in [-0.2, -0.15) is 0 Å². The highest BCUT2D eigenvalue weighted by Gasteiger charge is 2.33. The zero-order valence-corrected chi connectivity index (χ0v) is 13.4. The van der Waals surface area contributed by atoms with Crippen molar-refractivity contribution in [1.29, 1.82) is 0 Å². The number of carboxylic acids is 1. The lowest BCUT2D eigenvalue weighted by Gasteiger charge is -2.31. The van der Waals surface area contributed by atoms with E-state index in [1.54, 1.807) is 6.92 Å². The van der Waals surface area contributed by atoms with Gasteiger partial charge in [-0.05, 0) is 38.0 Å². The molecule has 2 N–H and O–H groups in total. The van der Waals surface area contributed by atoms with Crippen molar-refractivity contribution in [3.05, 3.63) is 35.3 Å². The molecule has 0 radical (unpaired) electrons. The van der Waals surface area contributed by atoms with Gasteiger partial charge >= 0.3 is 5.97 Å². The smallest absolute Gasteiger partial charge is 0.305 e. The molecule has 0 saturated heterocycles. The maximum Gasteiger partial charge on any atom is 0.305 e. The Morgan fingerprint density at radius 1 is 1.30 bits per heavy atom. The van der Waals surface area contributed by atoms with E-state index in [1.165, 1.54) is 18.2 Å². The molecule has 0 bridgehead atoms. The van der Waals surface area contributed by atoms with Crippen molar-refractivity contribution in [2.45, 2.75) is 45.6 Å². The zero-order chi connectivity index (χ0) is 17.2. The maximum absolute atomic E-state index is 13.3. The number of aliphatic carboxylic acids is 1. The van der Waals surface area contributed by atoms with E-state index in [-0.39, 0.29) is 12.2 Å². The number of furan rings is 1. The molecule has 0 fully saturated rings. The van der Waals surface area contributed by atoms with Gasteiger partial charge in [-0.25, -0.2) is 4.39 Å². The maximum atomic E-state index is 13.3. The van der Waals surface area contributed by atoms with Crippen LogP contribution in [-0.4, -0.2) is 22.5 Å². The lowest BCUT2D eigenvalue weighted by atomic mass is 9.88. The minimum absolute atomic E-state index is 0.0854. The van der Waals surface area contributed by atoms with Gasteiger partial charge in [0.25, 0.3) is 5.91 Å². The van der Waals surface area contributed by atoms with Crippen molar-refractivity contribution in [3.8, 4) is 0 Å². The largest absolute Gasteiger partial charge is 0.481 e. The van der Waals surface area contributed by atoms with Crippen molar-refractivity contribution in [2.75, 3.05) is 0 Å². The van der Waals surface area contributed by atoms with Crippen LogP contribution in [0.3, 0.4) is 0 Å². The number of amides is 1. The van der Waals surface area contributed by atoms with E-state index in [2.05, 4.69) is 5.32 Å². The van der Waals surface area contributed by atoms with Crippen molar-refractivity contribution in [2.24, 2.45) is 0 Å². The van der Waals surface area contributed by atoms with Crippen molar-refractivity contribution >= 4 is 22.8 Å². The van der Waals surface area contributed by atoms with Crippen LogP contribution < -0.4 is 5.32 Å². The third kappa shape index (κ3) is 3.36. The van der Waals surface area contributed by atoms with E-state index in [0.29, 0.717) is 29.4 Å². The fourth-order valence-electron chi connectivity index (χ4n) is 2.72. The molecule has 1 amide bonds. The summed E-state index contributed by atoms with van der Waals surface area (Å²) < 4.78 is 18.9. The highest BCUT2D eigenvalue weighted by Crippen LogP contribution is 2.27. The summed E-state index contributed by atoms with van der Waals surface area (Å²) in [5.41, 5.74) is 0.124. The first kappa shape index (κ1) is 17.0. The molecule has 23 heavy (non-hydrogen) atoms. The van der Waals surface area contributed by atoms with E-state index in [9.17, 15) is 14.0 Å². The van der Waals surface area contributed by atoms with E-state index in [1.807, 2.05) is 13.8 Å². The number of fused-ring (bicyclic) bond motifs is 1. The van der Waals surface area contributed by atoms with Gasteiger partial charge in [-0.15, -0.1) is 0 Å². The Morgan fingerprint density at radius 3 is 2.52 bits per heavy atom. The Labute approximate surface area is 133 Å². The number of carbonyl (C=O) groups excluding carboxylic acids is 1. The number of rotatable bonds is 6. The fraction of sp³-hybridized carbons (Fsp3) is 0.412. The van der Waals surface area contributed by atoms with Crippen LogP contribution in [0.1, 0.15) is 49.2 Å². The Hall–Kier alpha value is -2.37. The second-order valence-electron chi connectivity index (χ2n) is 5.71. The zero-order valence-electron chi connectivity index (χ0n) is 13.4. The number of aryl methyl sites for hydroxylation is 1. The predicted molar refractivity (Wildman–Crippen MR) is 83.9 cm³/mol. The molecule has 5 nitrogen and oxygen atoms in total. The van der Waals surface area contributed by atoms with Crippen LogP contribution in [0.2, 0.25) is 0 Å². The van der Waals surface area contributed by atoms with E-state index in [0.717, 1.165) is 0 Å². The van der Waals surface area contributed by atoms with Gasteiger partial charge in [-0.3, -0.25) is 9.59 Å². The number of benzene rings is 1. The SMILES string of the molecule is CCC(CC)(CC(=O)O)NC(=O)c1oc2ccc(F)cc2c1C. The summed E-state index contributed by atoms with van der Waals surface area (Å²) in [6.45, 7) is 5.33. The molecule has 124 valence electrons. The Balaban J connectivity index is 2.36. The van der Waals surface area contributed by atoms with Gasteiger partial charge in [0.05, 0.1) is 12.0 Å². The molecule has 0 unspecified atom stereocenters. The molecular weight excluding hydrogens is 301 g/mol. The molecule has 1 aromatic heterocycles. The molecule has 1 heterocycles. The molecule has 2 rings (SSSR count). The molecule has 0 spiro atoms. The summed E-state index contributed by atoms with van der Waals surface area (Å²) in [7, 11) is 0. The monoisotopic (exact) mass is 321 g/mol. The van der Waals surface area contributed by atoms with Crippen LogP contribution in [0.15, 0.2) is 22.6 Å². The average Bonchev–Trinajstić information content (AvgIpc) is 2.83. The van der Waals surface area contributed by atoms with Gasteiger partial charge in [-0.1, -0.05) is 13.8 Å². The topological polar surface area (TPSA) is 79.5 Å². The Morgan fingerprint density at radius 2 is 1.96 bits per heavy atom. The molecule has 6 heteroatoms. The highest BCUT2D eigenvalue weighted by molar-refractivity contribution is 5.99. The first-order valence-electron chi connectivity index (χ1n) is 7.55. The average molecular weight is 321 g/mol. The lowest BCUT2D eigenvalue weighted by Crippen LogP contribution is -2.49. The minimum Gasteiger partial charge on any atom is -0.481 e. The van der Waals surface area contributed by atoms with Gasteiger partial charge in [0.15, 0.2) is 5.76 Å². The normalized spacial score (nSPS) is 11.7. The second kappa shape index (κ2) is 6.40. The van der Waals surface area contributed by atoms with Crippen molar-refractivity contribution in [1.82, 2.24) is 5.32 Å². The summed E-state index contributed by atoms with van der Waals surface area (Å²) in [4.78, 5) is 23.6. The summed E-state index contributed by atoms with van der Waals surface area (Å²) in [5.74, 6) is -1.78. The van der Waals surface area contributed by atoms with E-state index < -0.39 is 23.2 Å². The molecule has 0 aliphatic rings. The molecule has 0 atom stereocenters. The van der Waals surface area contributed by atoms with E-state index >= 15 is 0 Å². The summed E-state index contributed by atoms with van der Waals surface area (Å²) in [6, 6.07) is 4.05. The first-order chi connectivity index (χ1) is 10.8. The van der Waals surface area contributed by atoms with Crippen LogP contribution in [0.5, 0.6) is 0 Å². The third-order valence-electron chi connectivity index (χ3n) is 4.33. The summed E-state index contributed by atoms with van der Waals surface area (Å²) in [6.07, 6.45) is 0.796. The summed E-state index contributed by atoms with van der Waals surface area (Å²) >= 11 is 0. The number of hydrogen-bond donors (Lipinski definition) is 2. The van der Waals surface area contributed by atoms with Gasteiger partial charge < -0.3 is 14.8 Å². The molecule has 0 aliphatic carbocycles. The lowest BCUT2D eigenvalue weighted by molar-refractivity contribution is -0.138. The first-order valence-corrected chi connectivity index (χ1v) is 7.55. The molecule has 0 saturated carbocycles. The Bertz CT molecular complexity index is 746. The van der Waals surface area contributed by atoms with Crippen LogP contribution in [-0.2, 0) is 4.79 Å². The highest BCUT2D eigenvalue weighted by atomic mass is 19.1. The quantitative estimate of drug-likeness (QED) is 0.851. The molecule has 1 aromatic carbocycles. The number of hydrogen-bond acceptors (Lipinski definition) is 3. The van der Waals surface area contributed by atoms with Crippen molar-refractivity contribution in [3.63, 3.8) is 0 Å². The summed E-state index contributed by atoms with van der Waals surface area (Å²) in [5, 5.41) is 12.4. The van der Waals surface area contributed by atoms with Crippen LogP contribution in [0, 0.1) is 12.7 Å². The number of nitrogens with one attached hydrogen (secondary N) is 1. The van der Waals surface area contributed by atoms with Gasteiger partial charge in [0, 0.05) is 10.9 Å². The fourth-order valence-corrected chi connectivity index (χ4v) is 2.72. The molecule has 0 aliphatic heterocycles. The molecular formula is C17H20FNO4. The van der Waals surface area contributed by atoms with E-state index in [4.69, 9.17) is 9.52 Å². The third-order valence-corrected chi connectivity index (χ3v) is 4.33. The number of carboxylic acid groups (broad SMARTS) is 1. The molecule has 2 aromatic rings. The van der Waals surface area contributed by atoms with Crippen LogP contribution in [0.4, 0.5) is 4.39 Å². The number of halogens is 1.